The predicted molar refractivity (Wildman–Crippen MR) is 147 cm³/mol. The number of amides is 1. The van der Waals surface area contributed by atoms with Gasteiger partial charge >= 0.3 is 5.69 Å². The Bertz CT molecular complexity index is 1600. The first kappa shape index (κ1) is 25.9. The number of benzene rings is 2. The van der Waals surface area contributed by atoms with Gasteiger partial charge < -0.3 is 10.2 Å². The Morgan fingerprint density at radius 1 is 0.974 bits per heavy atom. The van der Waals surface area contributed by atoms with Crippen molar-refractivity contribution in [1.82, 2.24) is 23.6 Å². The molecular weight excluding hydrogens is 557 g/mol. The van der Waals surface area contributed by atoms with Crippen LogP contribution < -0.4 is 21.5 Å². The Kier molecular flexibility index (Phi) is 7.17. The summed E-state index contributed by atoms with van der Waals surface area (Å²) in [6.07, 6.45) is 0. The molecule has 1 amide bonds. The summed E-state index contributed by atoms with van der Waals surface area (Å²) in [5.74, 6) is 0.118. The zero-order chi connectivity index (χ0) is 27.0. The molecule has 1 saturated heterocycles. The van der Waals surface area contributed by atoms with Gasteiger partial charge in [-0.2, -0.15) is 4.98 Å². The van der Waals surface area contributed by atoms with E-state index in [1.807, 2.05) is 24.3 Å². The Labute approximate surface area is 226 Å². The number of fused-ring (bicyclic) bond motifs is 1. The van der Waals surface area contributed by atoms with Gasteiger partial charge in [0.05, 0.1) is 13.1 Å². The molecule has 2 aromatic carbocycles. The van der Waals surface area contributed by atoms with Crippen molar-refractivity contribution in [3.05, 3.63) is 85.2 Å². The van der Waals surface area contributed by atoms with Gasteiger partial charge in [-0.05, 0) is 42.0 Å². The molecule has 3 heterocycles. The zero-order valence-corrected chi connectivity index (χ0v) is 22.6. The molecule has 12 heteroatoms. The van der Waals surface area contributed by atoms with Gasteiger partial charge in [-0.25, -0.2) is 9.18 Å². The monoisotopic (exact) mass is 583 g/mol. The Morgan fingerprint density at radius 3 is 2.29 bits per heavy atom. The van der Waals surface area contributed by atoms with E-state index in [4.69, 9.17) is 4.98 Å². The van der Waals surface area contributed by atoms with Gasteiger partial charge in [0, 0.05) is 50.4 Å². The van der Waals surface area contributed by atoms with Crippen molar-refractivity contribution in [3.8, 4) is 0 Å². The summed E-state index contributed by atoms with van der Waals surface area (Å²) in [6.45, 7) is 2.92. The number of hydrogen-bond donors (Lipinski definition) is 1. The van der Waals surface area contributed by atoms with Crippen LogP contribution in [0.4, 0.5) is 16.0 Å². The summed E-state index contributed by atoms with van der Waals surface area (Å²) < 4.78 is 18.7. The fourth-order valence-electron chi connectivity index (χ4n) is 4.64. The third-order valence-corrected chi connectivity index (χ3v) is 7.26. The van der Waals surface area contributed by atoms with Gasteiger partial charge in [0.25, 0.3) is 5.56 Å². The lowest BCUT2D eigenvalue weighted by molar-refractivity contribution is -0.117. The maximum atomic E-state index is 13.5. The van der Waals surface area contributed by atoms with E-state index in [0.717, 1.165) is 20.3 Å². The highest BCUT2D eigenvalue weighted by Crippen LogP contribution is 2.23. The molecule has 1 aliphatic rings. The van der Waals surface area contributed by atoms with Crippen molar-refractivity contribution >= 4 is 44.6 Å². The van der Waals surface area contributed by atoms with Crippen molar-refractivity contribution in [3.63, 3.8) is 0 Å². The molecule has 10 nitrogen and oxygen atoms in total. The van der Waals surface area contributed by atoms with Crippen LogP contribution in [0.3, 0.4) is 0 Å². The molecule has 0 spiro atoms. The van der Waals surface area contributed by atoms with Crippen molar-refractivity contribution in [1.29, 1.82) is 0 Å². The van der Waals surface area contributed by atoms with Crippen LogP contribution in [0.5, 0.6) is 0 Å². The molecule has 2 aromatic heterocycles. The van der Waals surface area contributed by atoms with Gasteiger partial charge in [0.1, 0.15) is 5.82 Å². The van der Waals surface area contributed by atoms with Gasteiger partial charge in [-0.3, -0.25) is 28.2 Å². The van der Waals surface area contributed by atoms with Crippen LogP contribution in [0, 0.1) is 5.82 Å². The lowest BCUT2D eigenvalue weighted by Crippen LogP contribution is -2.49. The molecule has 0 unspecified atom stereocenters. The number of nitrogens with zero attached hydrogens (tertiary/aromatic N) is 6. The minimum absolute atomic E-state index is 0.0946. The largest absolute Gasteiger partial charge is 0.340 e. The van der Waals surface area contributed by atoms with Crippen molar-refractivity contribution in [2.45, 2.75) is 6.54 Å². The maximum Gasteiger partial charge on any atom is 0.332 e. The van der Waals surface area contributed by atoms with Crippen LogP contribution in [0.15, 0.2) is 62.6 Å². The molecule has 38 heavy (non-hydrogen) atoms. The first-order valence-electron chi connectivity index (χ1n) is 12.1. The third-order valence-electron chi connectivity index (χ3n) is 6.73. The van der Waals surface area contributed by atoms with Gasteiger partial charge in [-0.1, -0.05) is 28.1 Å². The second-order valence-corrected chi connectivity index (χ2v) is 10.2. The summed E-state index contributed by atoms with van der Waals surface area (Å²) in [4.78, 5) is 47.1. The summed E-state index contributed by atoms with van der Waals surface area (Å²) in [6, 6.07) is 13.5. The zero-order valence-electron chi connectivity index (χ0n) is 21.0. The molecule has 0 aliphatic carbocycles. The minimum Gasteiger partial charge on any atom is -0.340 e. The number of halogens is 2. The van der Waals surface area contributed by atoms with E-state index >= 15 is 0 Å². The average molecular weight is 584 g/mol. The highest BCUT2D eigenvalue weighted by Gasteiger charge is 2.26. The van der Waals surface area contributed by atoms with Gasteiger partial charge in [0.2, 0.25) is 11.9 Å². The number of hydrogen-bond acceptors (Lipinski definition) is 6. The van der Waals surface area contributed by atoms with E-state index in [9.17, 15) is 18.8 Å². The molecule has 1 aliphatic heterocycles. The van der Waals surface area contributed by atoms with Crippen molar-refractivity contribution < 1.29 is 9.18 Å². The highest BCUT2D eigenvalue weighted by atomic mass is 79.9. The third kappa shape index (κ3) is 5.14. The van der Waals surface area contributed by atoms with E-state index < -0.39 is 11.2 Å². The molecule has 5 rings (SSSR count). The fraction of sp³-hybridized carbons (Fsp3) is 0.308. The molecule has 0 atom stereocenters. The minimum atomic E-state index is -0.456. The lowest BCUT2D eigenvalue weighted by Gasteiger charge is -2.35. The molecule has 1 N–H and O–H groups in total. The summed E-state index contributed by atoms with van der Waals surface area (Å²) in [5, 5.41) is 2.91. The first-order valence-corrected chi connectivity index (χ1v) is 12.9. The summed E-state index contributed by atoms with van der Waals surface area (Å²) in [7, 11) is 3.03. The Balaban J connectivity index is 1.38. The van der Waals surface area contributed by atoms with E-state index in [-0.39, 0.29) is 24.8 Å². The standard InChI is InChI=1S/C26H27BrFN7O3/c1-31-23-22(24(37)32(2)26(31)38)35(15-17-3-7-19(28)8-4-17)25(30-23)34-13-11-33(12-14-34)16-21(36)29-20-9-5-18(27)6-10-20/h3-10H,11-16H2,1-2H3,(H,29,36). The number of rotatable bonds is 6. The number of nitrogens with one attached hydrogen (secondary N) is 1. The fourth-order valence-corrected chi connectivity index (χ4v) is 4.91. The van der Waals surface area contributed by atoms with E-state index in [1.165, 1.54) is 23.7 Å². The topological polar surface area (TPSA) is 97.4 Å². The predicted octanol–water partition coefficient (Wildman–Crippen LogP) is 2.14. The molecule has 4 aromatic rings. The van der Waals surface area contributed by atoms with Gasteiger partial charge in [0.15, 0.2) is 11.2 Å². The van der Waals surface area contributed by atoms with Crippen LogP contribution >= 0.6 is 15.9 Å². The van der Waals surface area contributed by atoms with Crippen LogP contribution in [-0.4, -0.2) is 62.2 Å². The first-order chi connectivity index (χ1) is 18.2. The van der Waals surface area contributed by atoms with E-state index in [2.05, 4.69) is 31.0 Å². The van der Waals surface area contributed by atoms with Crippen LogP contribution in [0.1, 0.15) is 5.56 Å². The number of piperazine rings is 1. The molecule has 0 saturated carbocycles. The van der Waals surface area contributed by atoms with Crippen molar-refractivity contribution in [2.24, 2.45) is 14.1 Å². The van der Waals surface area contributed by atoms with Crippen molar-refractivity contribution in [2.75, 3.05) is 42.9 Å². The average Bonchev–Trinajstić information content (AvgIpc) is 3.28. The molecule has 198 valence electrons. The maximum absolute atomic E-state index is 13.5. The lowest BCUT2D eigenvalue weighted by atomic mass is 10.2. The quantitative estimate of drug-likeness (QED) is 0.373. The van der Waals surface area contributed by atoms with E-state index in [0.29, 0.717) is 43.3 Å². The molecule has 0 radical (unpaired) electrons. The number of carbonyl (C=O) groups excluding carboxylic acids is 1. The smallest absolute Gasteiger partial charge is 0.332 e. The normalized spacial score (nSPS) is 14.3. The second-order valence-electron chi connectivity index (χ2n) is 9.32. The summed E-state index contributed by atoms with van der Waals surface area (Å²) >= 11 is 3.39. The summed E-state index contributed by atoms with van der Waals surface area (Å²) in [5.41, 5.74) is 1.25. The Morgan fingerprint density at radius 2 is 1.63 bits per heavy atom. The number of anilines is 2. The number of carbonyl (C=O) groups is 1. The van der Waals surface area contributed by atoms with Crippen LogP contribution in [0.25, 0.3) is 11.2 Å². The van der Waals surface area contributed by atoms with E-state index in [1.54, 1.807) is 23.7 Å². The Hall–Kier alpha value is -3.77. The second kappa shape index (κ2) is 10.5. The van der Waals surface area contributed by atoms with Crippen LogP contribution in [-0.2, 0) is 25.4 Å². The molecule has 1 fully saturated rings. The SMILES string of the molecule is Cn1c(=O)c2c(nc(N3CCN(CC(=O)Nc4ccc(Br)cc4)CC3)n2Cc2ccc(F)cc2)n(C)c1=O. The number of aryl methyl sites for hydroxylation is 1. The number of aromatic nitrogens is 4. The van der Waals surface area contributed by atoms with Crippen LogP contribution in [0.2, 0.25) is 0 Å². The highest BCUT2D eigenvalue weighted by molar-refractivity contribution is 9.10. The molecular formula is C26H27BrFN7O3. The molecule has 0 bridgehead atoms. The van der Waals surface area contributed by atoms with Gasteiger partial charge in [-0.15, -0.1) is 0 Å². The number of imidazole rings is 1.